The molecule has 0 saturated carbocycles. The van der Waals surface area contributed by atoms with E-state index < -0.39 is 34.6 Å². The van der Waals surface area contributed by atoms with Crippen molar-refractivity contribution < 1.29 is 23.2 Å². The Morgan fingerprint density at radius 1 is 1.10 bits per heavy atom. The summed E-state index contributed by atoms with van der Waals surface area (Å²) in [5, 5.41) is 3.11. The second kappa shape index (κ2) is 14.4. The third-order valence-corrected chi connectivity index (χ3v) is 18.1. The number of benzene rings is 1. The van der Waals surface area contributed by atoms with Gasteiger partial charge in [-0.05, 0) is 89.8 Å². The molecule has 1 aliphatic rings. The molecule has 0 bridgehead atoms. The first-order chi connectivity index (χ1) is 19.3. The van der Waals surface area contributed by atoms with Gasteiger partial charge in [0.25, 0.3) is 8.32 Å². The lowest BCUT2D eigenvalue weighted by molar-refractivity contribution is -0.113. The van der Waals surface area contributed by atoms with E-state index in [4.69, 9.17) is 19.1 Å². The highest BCUT2D eigenvalue weighted by Gasteiger charge is 2.42. The summed E-state index contributed by atoms with van der Waals surface area (Å²) in [7, 11) is -4.36. The van der Waals surface area contributed by atoms with Crippen LogP contribution in [0.4, 0.5) is 0 Å². The van der Waals surface area contributed by atoms with E-state index in [2.05, 4.69) is 84.7 Å². The fourth-order valence-corrected chi connectivity index (χ4v) is 6.97. The Morgan fingerprint density at radius 3 is 2.33 bits per heavy atom. The predicted octanol–water partition coefficient (Wildman–Crippen LogP) is 9.52. The van der Waals surface area contributed by atoms with Crippen LogP contribution in [0.3, 0.4) is 0 Å². The van der Waals surface area contributed by atoms with E-state index in [-0.39, 0.29) is 22.1 Å². The van der Waals surface area contributed by atoms with Crippen LogP contribution >= 0.6 is 0 Å². The van der Waals surface area contributed by atoms with Gasteiger partial charge in [0, 0.05) is 17.8 Å². The molecule has 0 spiro atoms. The lowest BCUT2D eigenvalue weighted by atomic mass is 9.91. The molecule has 0 saturated heterocycles. The molecule has 0 aromatic heterocycles. The standard InChI is InChI=1S/C32H53N3O5Si2/c1-23-16-12-13-17-24-18-14-20-26(39-41(8,9)31(2,3)4)29(24)30(37)38-25(19-15-21-28(36)34-35-33)22-27(23)40-42(10,11)32(5,6)7/h14-15,18,20-21,23,25,27H,12-13,16-17,19,22H2,1-11H3/t23-,25-,27+/m0/s1. The summed E-state index contributed by atoms with van der Waals surface area (Å²) in [4.78, 5) is 28.5. The maximum atomic E-state index is 14.0. The fraction of sp³-hybridized carbons (Fsp3) is 0.688. The number of azide groups is 1. The zero-order valence-corrected chi connectivity index (χ0v) is 29.7. The molecule has 0 unspecified atom stereocenters. The first kappa shape index (κ1) is 35.8. The first-order valence-corrected chi connectivity index (χ1v) is 21.1. The molecule has 234 valence electrons. The smallest absolute Gasteiger partial charge is 0.342 e. The molecule has 2 rings (SSSR count). The second-order valence-corrected chi connectivity index (χ2v) is 24.2. The first-order valence-electron chi connectivity index (χ1n) is 15.2. The molecule has 1 aromatic carbocycles. The Hall–Kier alpha value is -2.40. The summed E-state index contributed by atoms with van der Waals surface area (Å²) >= 11 is 0. The largest absolute Gasteiger partial charge is 0.543 e. The number of nitrogens with zero attached hydrogens (tertiary/aromatic N) is 3. The van der Waals surface area contributed by atoms with Crippen LogP contribution in [0.1, 0.15) is 96.5 Å². The molecule has 10 heteroatoms. The number of rotatable bonds is 7. The highest BCUT2D eigenvalue weighted by atomic mass is 28.4. The number of carbonyl (C=O) groups is 2. The SMILES string of the molecule is C[C@H]1CCCCc2cccc(O[Si](C)(C)C(C)(C)C)c2C(=O)O[C@@H](CC=CC(=O)N=[N+]=[N-])C[C@H]1O[Si](C)(C)C(C)(C)C. The van der Waals surface area contributed by atoms with E-state index in [0.717, 1.165) is 31.2 Å². The molecule has 8 nitrogen and oxygen atoms in total. The van der Waals surface area contributed by atoms with Crippen LogP contribution in [-0.2, 0) is 20.4 Å². The quantitative estimate of drug-likeness (QED) is 0.0757. The Morgan fingerprint density at radius 2 is 1.74 bits per heavy atom. The molecule has 3 atom stereocenters. The molecule has 1 heterocycles. The van der Waals surface area contributed by atoms with Gasteiger partial charge in [-0.1, -0.05) is 73.1 Å². The highest BCUT2D eigenvalue weighted by Crippen LogP contribution is 2.41. The summed E-state index contributed by atoms with van der Waals surface area (Å²) < 4.78 is 19.9. The minimum absolute atomic E-state index is 0.0269. The monoisotopic (exact) mass is 615 g/mol. The summed E-state index contributed by atoms with van der Waals surface area (Å²) in [6.07, 6.45) is 6.72. The molecule has 1 amide bonds. The maximum Gasteiger partial charge on any atom is 0.342 e. The number of cyclic esters (lactones) is 1. The van der Waals surface area contributed by atoms with Crippen molar-refractivity contribution in [3.8, 4) is 5.75 Å². The Labute approximate surface area is 255 Å². The highest BCUT2D eigenvalue weighted by molar-refractivity contribution is 6.75. The van der Waals surface area contributed by atoms with Gasteiger partial charge in [-0.15, -0.1) is 0 Å². The number of hydrogen-bond acceptors (Lipinski definition) is 5. The van der Waals surface area contributed by atoms with Crippen LogP contribution in [0.15, 0.2) is 35.5 Å². The molecule has 0 fully saturated rings. The lowest BCUT2D eigenvalue weighted by Crippen LogP contribution is -2.46. The van der Waals surface area contributed by atoms with E-state index in [9.17, 15) is 9.59 Å². The van der Waals surface area contributed by atoms with Gasteiger partial charge in [-0.3, -0.25) is 4.79 Å². The third-order valence-electron chi connectivity index (χ3n) is 9.30. The molecule has 0 aliphatic carbocycles. The van der Waals surface area contributed by atoms with Crippen LogP contribution < -0.4 is 4.43 Å². The molecule has 0 radical (unpaired) electrons. The van der Waals surface area contributed by atoms with Crippen molar-refractivity contribution in [3.63, 3.8) is 0 Å². The summed E-state index contributed by atoms with van der Waals surface area (Å²) in [6.45, 7) is 24.3. The number of hydrogen-bond donors (Lipinski definition) is 0. The molecule has 1 aromatic rings. The van der Waals surface area contributed by atoms with Gasteiger partial charge >= 0.3 is 5.97 Å². The summed E-state index contributed by atoms with van der Waals surface area (Å²) in [5.74, 6) is -0.258. The normalized spacial score (nSPS) is 21.4. The van der Waals surface area contributed by atoms with Crippen molar-refractivity contribution in [2.45, 2.75) is 135 Å². The Kier molecular flexibility index (Phi) is 12.3. The van der Waals surface area contributed by atoms with Crippen molar-refractivity contribution in [1.82, 2.24) is 0 Å². The molecule has 42 heavy (non-hydrogen) atoms. The zero-order valence-electron chi connectivity index (χ0n) is 27.7. The molecular formula is C32H53N3O5Si2. The summed E-state index contributed by atoms with van der Waals surface area (Å²) in [5.41, 5.74) is 10.0. The predicted molar refractivity (Wildman–Crippen MR) is 175 cm³/mol. The van der Waals surface area contributed by atoms with E-state index in [1.807, 2.05) is 18.2 Å². The molecule has 0 N–H and O–H groups in total. The lowest BCUT2D eigenvalue weighted by Gasteiger charge is -2.42. The number of esters is 1. The van der Waals surface area contributed by atoms with Crippen LogP contribution in [0.2, 0.25) is 36.3 Å². The minimum Gasteiger partial charge on any atom is -0.543 e. The van der Waals surface area contributed by atoms with Crippen LogP contribution in [0.5, 0.6) is 5.75 Å². The number of ether oxygens (including phenoxy) is 1. The summed E-state index contributed by atoms with van der Waals surface area (Å²) in [6, 6.07) is 5.85. The minimum atomic E-state index is -2.24. The number of carbonyl (C=O) groups excluding carboxylic acids is 2. The van der Waals surface area contributed by atoms with Crippen molar-refractivity contribution in [2.24, 2.45) is 11.0 Å². The van der Waals surface area contributed by atoms with Gasteiger partial charge in [-0.25, -0.2) is 4.79 Å². The van der Waals surface area contributed by atoms with E-state index in [1.54, 1.807) is 6.08 Å². The van der Waals surface area contributed by atoms with E-state index >= 15 is 0 Å². The van der Waals surface area contributed by atoms with Crippen LogP contribution in [0.25, 0.3) is 10.4 Å². The molecular weight excluding hydrogens is 563 g/mol. The van der Waals surface area contributed by atoms with Gasteiger partial charge in [-0.2, -0.15) is 0 Å². The van der Waals surface area contributed by atoms with Gasteiger partial charge in [0.2, 0.25) is 5.91 Å². The number of amides is 1. The average molecular weight is 616 g/mol. The Balaban J connectivity index is 2.55. The molecule has 1 aliphatic heterocycles. The van der Waals surface area contributed by atoms with Gasteiger partial charge in [0.1, 0.15) is 17.4 Å². The maximum absolute atomic E-state index is 14.0. The average Bonchev–Trinajstić information content (AvgIpc) is 2.83. The Bertz CT molecular complexity index is 1180. The third kappa shape index (κ3) is 9.83. The number of fused-ring (bicyclic) bond motifs is 1. The van der Waals surface area contributed by atoms with Crippen LogP contribution in [-0.4, -0.2) is 40.7 Å². The fourth-order valence-electron chi connectivity index (χ4n) is 4.51. The van der Waals surface area contributed by atoms with Crippen molar-refractivity contribution in [3.05, 3.63) is 51.9 Å². The zero-order chi connectivity index (χ0) is 31.9. The second-order valence-electron chi connectivity index (χ2n) is 14.7. The number of aryl methyl sites for hydroxylation is 1. The van der Waals surface area contributed by atoms with Crippen molar-refractivity contribution >= 4 is 28.5 Å². The van der Waals surface area contributed by atoms with Gasteiger partial charge in [0.15, 0.2) is 8.32 Å². The van der Waals surface area contributed by atoms with Crippen molar-refractivity contribution in [2.75, 3.05) is 0 Å². The van der Waals surface area contributed by atoms with E-state index in [0.29, 0.717) is 24.2 Å². The van der Waals surface area contributed by atoms with Crippen molar-refractivity contribution in [1.29, 1.82) is 0 Å². The van der Waals surface area contributed by atoms with Crippen LogP contribution in [0, 0.1) is 5.92 Å². The van der Waals surface area contributed by atoms with Gasteiger partial charge < -0.3 is 13.6 Å². The van der Waals surface area contributed by atoms with E-state index in [1.165, 1.54) is 6.08 Å². The topological polar surface area (TPSA) is 111 Å². The van der Waals surface area contributed by atoms with Gasteiger partial charge in [0.05, 0.1) is 6.10 Å².